The van der Waals surface area contributed by atoms with Crippen molar-refractivity contribution >= 4 is 0 Å². The molecule has 0 unspecified atom stereocenters. The quantitative estimate of drug-likeness (QED) is 0.740. The van der Waals surface area contributed by atoms with Crippen LogP contribution >= 0.6 is 0 Å². The second kappa shape index (κ2) is 8.28. The van der Waals surface area contributed by atoms with Crippen molar-refractivity contribution in [3.63, 3.8) is 0 Å². The van der Waals surface area contributed by atoms with Crippen molar-refractivity contribution in [3.05, 3.63) is 29.3 Å². The van der Waals surface area contributed by atoms with E-state index in [0.717, 1.165) is 31.9 Å². The zero-order valence-corrected chi connectivity index (χ0v) is 13.6. The summed E-state index contributed by atoms with van der Waals surface area (Å²) >= 11 is 0. The van der Waals surface area contributed by atoms with Gasteiger partial charge in [-0.2, -0.15) is 0 Å². The Hall–Kier alpha value is -1.06. The van der Waals surface area contributed by atoms with Crippen LogP contribution in [0.5, 0.6) is 5.75 Å². The molecule has 0 amide bonds. The van der Waals surface area contributed by atoms with Crippen LogP contribution in [-0.2, 0) is 11.2 Å². The zero-order valence-electron chi connectivity index (χ0n) is 13.6. The zero-order chi connectivity index (χ0) is 15.0. The summed E-state index contributed by atoms with van der Waals surface area (Å²) in [5.41, 5.74) is 2.65. The number of nitrogens with one attached hydrogen (secondary N) is 1. The van der Waals surface area contributed by atoms with Crippen LogP contribution in [-0.4, -0.2) is 31.9 Å². The lowest BCUT2D eigenvalue weighted by atomic mass is 10.1. The molecule has 0 aliphatic rings. The minimum absolute atomic E-state index is 0.155. The summed E-state index contributed by atoms with van der Waals surface area (Å²) in [4.78, 5) is 0. The Labute approximate surface area is 123 Å². The molecule has 0 saturated carbocycles. The number of benzene rings is 1. The minimum atomic E-state index is 0.155. The second-order valence-electron chi connectivity index (χ2n) is 6.08. The van der Waals surface area contributed by atoms with E-state index in [4.69, 9.17) is 9.47 Å². The largest absolute Gasteiger partial charge is 0.494 e. The normalized spacial score (nSPS) is 11.7. The van der Waals surface area contributed by atoms with Crippen molar-refractivity contribution in [3.8, 4) is 5.75 Å². The van der Waals surface area contributed by atoms with Crippen LogP contribution in [0, 0.1) is 6.92 Å². The molecule has 0 heterocycles. The highest BCUT2D eigenvalue weighted by molar-refractivity contribution is 5.37. The average Bonchev–Trinajstić information content (AvgIpc) is 2.35. The molecule has 114 valence electrons. The first kappa shape index (κ1) is 17.0. The molecule has 3 heteroatoms. The van der Waals surface area contributed by atoms with E-state index in [0.29, 0.717) is 6.61 Å². The fourth-order valence-electron chi connectivity index (χ4n) is 1.98. The van der Waals surface area contributed by atoms with Gasteiger partial charge in [0.25, 0.3) is 0 Å². The third-order valence-corrected chi connectivity index (χ3v) is 2.93. The number of hydrogen-bond acceptors (Lipinski definition) is 3. The molecule has 0 spiro atoms. The molecule has 0 aliphatic heterocycles. The lowest BCUT2D eigenvalue weighted by molar-refractivity contribution is 0.133. The lowest BCUT2D eigenvalue weighted by Crippen LogP contribution is -2.38. The van der Waals surface area contributed by atoms with E-state index in [-0.39, 0.29) is 5.54 Å². The van der Waals surface area contributed by atoms with Gasteiger partial charge < -0.3 is 14.8 Å². The second-order valence-corrected chi connectivity index (χ2v) is 6.08. The van der Waals surface area contributed by atoms with Gasteiger partial charge in [0.2, 0.25) is 0 Å². The standard InChI is InChI=1S/C17H29NO2/c1-6-20-16-8-7-14(2)13-15(16)9-11-19-12-10-18-17(3,4)5/h7-8,13,18H,6,9-12H2,1-5H3. The smallest absolute Gasteiger partial charge is 0.122 e. The van der Waals surface area contributed by atoms with Crippen LogP contribution in [0.15, 0.2) is 18.2 Å². The van der Waals surface area contributed by atoms with Gasteiger partial charge in [-0.05, 0) is 52.7 Å². The number of rotatable bonds is 8. The average molecular weight is 279 g/mol. The lowest BCUT2D eigenvalue weighted by Gasteiger charge is -2.20. The molecule has 0 aromatic heterocycles. The highest BCUT2D eigenvalue weighted by Gasteiger charge is 2.07. The van der Waals surface area contributed by atoms with Gasteiger partial charge in [-0.25, -0.2) is 0 Å². The first-order chi connectivity index (χ1) is 9.42. The minimum Gasteiger partial charge on any atom is -0.494 e. The summed E-state index contributed by atoms with van der Waals surface area (Å²) in [6.07, 6.45) is 0.895. The molecule has 0 saturated heterocycles. The maximum Gasteiger partial charge on any atom is 0.122 e. The van der Waals surface area contributed by atoms with E-state index in [1.165, 1.54) is 11.1 Å². The molecule has 20 heavy (non-hydrogen) atoms. The van der Waals surface area contributed by atoms with Gasteiger partial charge in [-0.15, -0.1) is 0 Å². The van der Waals surface area contributed by atoms with Crippen LogP contribution < -0.4 is 10.1 Å². The molecule has 0 bridgehead atoms. The number of ether oxygens (including phenoxy) is 2. The Balaban J connectivity index is 2.32. The molecule has 1 aromatic rings. The molecule has 0 aliphatic carbocycles. The highest BCUT2D eigenvalue weighted by atomic mass is 16.5. The van der Waals surface area contributed by atoms with Crippen LogP contribution in [0.2, 0.25) is 0 Å². The monoisotopic (exact) mass is 279 g/mol. The van der Waals surface area contributed by atoms with Crippen molar-refractivity contribution < 1.29 is 9.47 Å². The first-order valence-corrected chi connectivity index (χ1v) is 7.47. The van der Waals surface area contributed by atoms with Gasteiger partial charge in [0.05, 0.1) is 19.8 Å². The van der Waals surface area contributed by atoms with Crippen molar-refractivity contribution in [1.82, 2.24) is 5.32 Å². The van der Waals surface area contributed by atoms with E-state index in [1.54, 1.807) is 0 Å². The molecule has 1 rings (SSSR count). The van der Waals surface area contributed by atoms with Crippen LogP contribution in [0.4, 0.5) is 0 Å². The van der Waals surface area contributed by atoms with Crippen LogP contribution in [0.25, 0.3) is 0 Å². The summed E-state index contributed by atoms with van der Waals surface area (Å²) in [5.74, 6) is 0.981. The highest BCUT2D eigenvalue weighted by Crippen LogP contribution is 2.20. The van der Waals surface area contributed by atoms with Crippen molar-refractivity contribution in [2.24, 2.45) is 0 Å². The predicted molar refractivity (Wildman–Crippen MR) is 84.6 cm³/mol. The fourth-order valence-corrected chi connectivity index (χ4v) is 1.98. The van der Waals surface area contributed by atoms with Gasteiger partial charge in [0, 0.05) is 12.1 Å². The maximum atomic E-state index is 5.69. The third kappa shape index (κ3) is 6.92. The molecule has 0 fully saturated rings. The Morgan fingerprint density at radius 2 is 1.90 bits per heavy atom. The fraction of sp³-hybridized carbons (Fsp3) is 0.647. The number of aryl methyl sites for hydroxylation is 1. The van der Waals surface area contributed by atoms with Crippen molar-refractivity contribution in [1.29, 1.82) is 0 Å². The maximum absolute atomic E-state index is 5.69. The van der Waals surface area contributed by atoms with Gasteiger partial charge in [0.15, 0.2) is 0 Å². The van der Waals surface area contributed by atoms with Crippen molar-refractivity contribution in [2.45, 2.75) is 46.6 Å². The molecular formula is C17H29NO2. The summed E-state index contributed by atoms with van der Waals surface area (Å²) < 4.78 is 11.3. The Morgan fingerprint density at radius 1 is 1.15 bits per heavy atom. The summed E-state index contributed by atoms with van der Waals surface area (Å²) in [6, 6.07) is 6.32. The number of hydrogen-bond donors (Lipinski definition) is 1. The van der Waals surface area contributed by atoms with E-state index in [2.05, 4.69) is 51.2 Å². The summed E-state index contributed by atoms with van der Waals surface area (Å²) in [5, 5.41) is 3.41. The van der Waals surface area contributed by atoms with Gasteiger partial charge >= 0.3 is 0 Å². The molecule has 1 N–H and O–H groups in total. The van der Waals surface area contributed by atoms with E-state index < -0.39 is 0 Å². The van der Waals surface area contributed by atoms with Gasteiger partial charge in [-0.1, -0.05) is 17.7 Å². The topological polar surface area (TPSA) is 30.5 Å². The molecule has 1 aromatic carbocycles. The Bertz CT molecular complexity index is 396. The van der Waals surface area contributed by atoms with E-state index >= 15 is 0 Å². The van der Waals surface area contributed by atoms with Gasteiger partial charge in [-0.3, -0.25) is 0 Å². The third-order valence-electron chi connectivity index (χ3n) is 2.93. The summed E-state index contributed by atoms with van der Waals surface area (Å²) in [6.45, 7) is 13.7. The SMILES string of the molecule is CCOc1ccc(C)cc1CCOCCNC(C)(C)C. The predicted octanol–water partition coefficient (Wildman–Crippen LogP) is 3.34. The molecule has 3 nitrogen and oxygen atoms in total. The Kier molecular flexibility index (Phi) is 7.03. The molecule has 0 atom stereocenters. The first-order valence-electron chi connectivity index (χ1n) is 7.47. The van der Waals surface area contributed by atoms with Crippen molar-refractivity contribution in [2.75, 3.05) is 26.4 Å². The summed E-state index contributed by atoms with van der Waals surface area (Å²) in [7, 11) is 0. The van der Waals surface area contributed by atoms with E-state index in [9.17, 15) is 0 Å². The molecular weight excluding hydrogens is 250 g/mol. The molecule has 0 radical (unpaired) electrons. The van der Waals surface area contributed by atoms with Gasteiger partial charge in [0.1, 0.15) is 5.75 Å². The van der Waals surface area contributed by atoms with Crippen LogP contribution in [0.3, 0.4) is 0 Å². The van der Waals surface area contributed by atoms with E-state index in [1.807, 2.05) is 6.92 Å². The Morgan fingerprint density at radius 3 is 2.55 bits per heavy atom. The van der Waals surface area contributed by atoms with Crippen LogP contribution in [0.1, 0.15) is 38.8 Å².